The van der Waals surface area contributed by atoms with Gasteiger partial charge in [0.05, 0.1) is 17.2 Å². The predicted octanol–water partition coefficient (Wildman–Crippen LogP) is 1.65. The first kappa shape index (κ1) is 39.6. The Bertz CT molecular complexity index is 2070. The second kappa shape index (κ2) is 16.2. The van der Waals surface area contributed by atoms with Gasteiger partial charge in [0.2, 0.25) is 0 Å². The SMILES string of the molecule is Nc1cccc(-c2cnc3[nH]cc(-c4cccc(NC(=O)Nc5cc(C(F)(F)F)ccc5F)c4)c3c2)c1.O=C([O-])CC(O)(CC(=O)[O-])C(=O)[O-].[Ga+3]. The number of hydrogen-bond acceptors (Lipinski definition) is 10. The van der Waals surface area contributed by atoms with Crippen LogP contribution < -0.4 is 31.7 Å². The van der Waals surface area contributed by atoms with Gasteiger partial charge in [-0.2, -0.15) is 13.2 Å². The number of carbonyl (C=O) groups excluding carboxylic acids is 4. The maximum Gasteiger partial charge on any atom is 3.00 e. The number of fused-ring (bicyclic) bond motifs is 1. The minimum absolute atomic E-state index is 0. The van der Waals surface area contributed by atoms with Gasteiger partial charge in [0.15, 0.2) is 0 Å². The molecule has 5 aromatic rings. The van der Waals surface area contributed by atoms with Gasteiger partial charge in [-0.15, -0.1) is 0 Å². The molecule has 2 aromatic heterocycles. The minimum Gasteiger partial charge on any atom is -0.550 e. The summed E-state index contributed by atoms with van der Waals surface area (Å²) in [6.45, 7) is 0. The van der Waals surface area contributed by atoms with Gasteiger partial charge in [-0.25, -0.2) is 14.2 Å². The van der Waals surface area contributed by atoms with Crippen molar-refractivity contribution in [2.75, 3.05) is 16.4 Å². The van der Waals surface area contributed by atoms with Gasteiger partial charge in [0.1, 0.15) is 17.1 Å². The first-order valence-corrected chi connectivity index (χ1v) is 14.2. The summed E-state index contributed by atoms with van der Waals surface area (Å²) in [6.07, 6.45) is -3.85. The second-order valence-electron chi connectivity index (χ2n) is 10.7. The van der Waals surface area contributed by atoms with Crippen LogP contribution >= 0.6 is 0 Å². The molecule has 13 nitrogen and oxygen atoms in total. The van der Waals surface area contributed by atoms with Crippen LogP contribution in [0.3, 0.4) is 0 Å². The molecule has 6 N–H and O–H groups in total. The van der Waals surface area contributed by atoms with Crippen molar-refractivity contribution in [2.45, 2.75) is 24.6 Å². The maximum absolute atomic E-state index is 14.0. The monoisotopic (exact) mass is 763 g/mol. The van der Waals surface area contributed by atoms with Crippen LogP contribution in [0.5, 0.6) is 0 Å². The third-order valence-corrected chi connectivity index (χ3v) is 6.98. The smallest absolute Gasteiger partial charge is 0.550 e. The Morgan fingerprint density at radius 1 is 0.843 bits per heavy atom. The fraction of sp³-hybridized carbons (Fsp3) is 0.121. The molecule has 0 aliphatic rings. The largest absolute Gasteiger partial charge is 3.00 e. The number of rotatable bonds is 9. The summed E-state index contributed by atoms with van der Waals surface area (Å²) in [5.74, 6) is -6.97. The Morgan fingerprint density at radius 3 is 2.10 bits per heavy atom. The zero-order valence-electron chi connectivity index (χ0n) is 25.9. The molecule has 0 bridgehead atoms. The van der Waals surface area contributed by atoms with E-state index < -0.39 is 65.6 Å². The van der Waals surface area contributed by atoms with Crippen LogP contribution in [0.4, 0.5) is 39.4 Å². The molecule has 260 valence electrons. The Balaban J connectivity index is 0.000000430. The number of nitrogen functional groups attached to an aromatic ring is 1. The number of carboxylic acid groups (broad SMARTS) is 3. The second-order valence-corrected chi connectivity index (χ2v) is 10.7. The third-order valence-electron chi connectivity index (χ3n) is 6.98. The van der Waals surface area contributed by atoms with E-state index in [1.807, 2.05) is 30.3 Å². The van der Waals surface area contributed by atoms with Gasteiger partial charge in [-0.3, -0.25) is 0 Å². The van der Waals surface area contributed by atoms with Gasteiger partial charge in [-0.1, -0.05) is 24.3 Å². The number of urea groups is 1. The number of aromatic nitrogens is 2. The number of aliphatic hydroxyl groups is 1. The fourth-order valence-electron chi connectivity index (χ4n) is 4.65. The van der Waals surface area contributed by atoms with Crippen LogP contribution in [-0.4, -0.2) is 64.4 Å². The molecule has 0 saturated carbocycles. The van der Waals surface area contributed by atoms with Crippen LogP contribution in [0.1, 0.15) is 18.4 Å². The van der Waals surface area contributed by atoms with Gasteiger partial charge in [0.25, 0.3) is 0 Å². The molecule has 0 atom stereocenters. The fourth-order valence-corrected chi connectivity index (χ4v) is 4.65. The van der Waals surface area contributed by atoms with Crippen molar-refractivity contribution < 1.29 is 57.2 Å². The molecule has 51 heavy (non-hydrogen) atoms. The van der Waals surface area contributed by atoms with Crippen molar-refractivity contribution in [1.82, 2.24) is 9.97 Å². The number of aliphatic carboxylic acids is 3. The number of H-pyrrole nitrogens is 1. The standard InChI is InChI=1S/C27H19F4N5O.C6H8O7.Ga/c28-23-8-7-18(27(29,30)31)12-24(23)36-26(37)35-20-6-2-4-16(10-20)22-14-34-25-21(22)11-17(13-33-25)15-3-1-5-19(32)9-15;7-3(8)1-6(13,5(11)12)2-4(9)10;/h1-14H,32H2,(H,33,34)(H2,35,36,37);13H,1-2H2,(H,7,8)(H,9,10)(H,11,12);/q;;+3/p-3. The predicted molar refractivity (Wildman–Crippen MR) is 170 cm³/mol. The van der Waals surface area contributed by atoms with Crippen molar-refractivity contribution >= 4 is 71.8 Å². The topological polar surface area (TPSA) is 236 Å². The summed E-state index contributed by atoms with van der Waals surface area (Å²) in [6, 6.07) is 17.2. The molecule has 0 aliphatic carbocycles. The Hall–Kier alpha value is -5.85. The van der Waals surface area contributed by atoms with E-state index in [0.717, 1.165) is 27.6 Å². The average molecular weight is 764 g/mol. The average Bonchev–Trinajstić information content (AvgIpc) is 3.45. The Kier molecular flexibility index (Phi) is 12.6. The van der Waals surface area contributed by atoms with Crippen LogP contribution in [0.2, 0.25) is 0 Å². The molecule has 0 unspecified atom stereocenters. The number of hydrogen-bond donors (Lipinski definition) is 5. The number of benzene rings is 3. The molecular formula is C33H24F4GaN5O8. The van der Waals surface area contributed by atoms with E-state index in [1.54, 1.807) is 36.7 Å². The van der Waals surface area contributed by atoms with E-state index in [2.05, 4.69) is 20.6 Å². The Morgan fingerprint density at radius 2 is 1.49 bits per heavy atom. The van der Waals surface area contributed by atoms with E-state index in [4.69, 9.17) is 10.8 Å². The molecule has 0 aliphatic heterocycles. The number of aromatic amines is 1. The molecule has 0 spiro atoms. The summed E-state index contributed by atoms with van der Waals surface area (Å²) in [7, 11) is 0. The molecule has 2 heterocycles. The number of alkyl halides is 3. The molecule has 18 heteroatoms. The third kappa shape index (κ3) is 10.3. The van der Waals surface area contributed by atoms with Gasteiger partial charge in [-0.05, 0) is 59.7 Å². The first-order valence-electron chi connectivity index (χ1n) is 14.2. The molecule has 0 fully saturated rings. The van der Waals surface area contributed by atoms with E-state index in [-0.39, 0.29) is 19.8 Å². The molecule has 2 amide bonds. The zero-order valence-corrected chi connectivity index (χ0v) is 28.3. The van der Waals surface area contributed by atoms with Crippen LogP contribution in [0, 0.1) is 5.82 Å². The number of nitrogens with zero attached hydrogens (tertiary/aromatic N) is 1. The van der Waals surface area contributed by atoms with Crippen molar-refractivity contribution in [1.29, 1.82) is 0 Å². The Labute approximate surface area is 298 Å². The molecular weight excluding hydrogens is 740 g/mol. The van der Waals surface area contributed by atoms with Crippen molar-refractivity contribution in [2.24, 2.45) is 0 Å². The van der Waals surface area contributed by atoms with E-state index in [0.29, 0.717) is 35.2 Å². The number of nitrogens with one attached hydrogen (secondary N) is 3. The summed E-state index contributed by atoms with van der Waals surface area (Å²) in [5.41, 5.74) is 6.30. The van der Waals surface area contributed by atoms with Crippen molar-refractivity contribution in [3.8, 4) is 22.3 Å². The van der Waals surface area contributed by atoms with E-state index >= 15 is 0 Å². The van der Waals surface area contributed by atoms with Crippen LogP contribution in [0.25, 0.3) is 33.3 Å². The molecule has 3 aromatic carbocycles. The first-order chi connectivity index (χ1) is 23.4. The number of carboxylic acids is 3. The van der Waals surface area contributed by atoms with Crippen LogP contribution in [0.15, 0.2) is 85.2 Å². The number of amides is 2. The molecule has 5 rings (SSSR count). The normalized spacial score (nSPS) is 11.1. The zero-order chi connectivity index (χ0) is 36.8. The molecule has 0 saturated heterocycles. The number of halogens is 4. The van der Waals surface area contributed by atoms with E-state index in [9.17, 15) is 52.1 Å². The summed E-state index contributed by atoms with van der Waals surface area (Å²) < 4.78 is 52.9. The number of nitrogens with two attached hydrogens (primary N) is 1. The van der Waals surface area contributed by atoms with Gasteiger partial charge in [0, 0.05) is 65.1 Å². The molecule has 0 radical (unpaired) electrons. The number of pyridine rings is 1. The van der Waals surface area contributed by atoms with E-state index in [1.165, 1.54) is 0 Å². The maximum atomic E-state index is 14.0. The van der Waals surface area contributed by atoms with Gasteiger partial charge >= 0.3 is 32.0 Å². The number of anilines is 3. The quantitative estimate of drug-likeness (QED) is 0.0827. The van der Waals surface area contributed by atoms with Gasteiger partial charge < -0.3 is 56.2 Å². The summed E-state index contributed by atoms with van der Waals surface area (Å²) >= 11 is 0. The summed E-state index contributed by atoms with van der Waals surface area (Å²) in [5, 5.41) is 44.4. The minimum atomic E-state index is -4.67. The van der Waals surface area contributed by atoms with Crippen molar-refractivity contribution in [3.05, 3.63) is 96.6 Å². The van der Waals surface area contributed by atoms with Crippen LogP contribution in [-0.2, 0) is 20.6 Å². The number of carbonyl (C=O) groups is 4. The summed E-state index contributed by atoms with van der Waals surface area (Å²) in [4.78, 5) is 50.1. The van der Waals surface area contributed by atoms with Crippen molar-refractivity contribution in [3.63, 3.8) is 0 Å².